The summed E-state index contributed by atoms with van der Waals surface area (Å²) in [6.07, 6.45) is 5.98. The van der Waals surface area contributed by atoms with Crippen molar-refractivity contribution in [2.45, 2.75) is 13.0 Å². The fourth-order valence-electron chi connectivity index (χ4n) is 1.46. The number of rotatable bonds is 5. The second-order valence-corrected chi connectivity index (χ2v) is 3.69. The van der Waals surface area contributed by atoms with Gasteiger partial charge in [-0.15, -0.1) is 5.10 Å². The lowest BCUT2D eigenvalue weighted by Crippen LogP contribution is -2.17. The summed E-state index contributed by atoms with van der Waals surface area (Å²) in [4.78, 5) is 26.4. The molecule has 0 aromatic carbocycles. The van der Waals surface area contributed by atoms with E-state index in [4.69, 9.17) is 5.11 Å². The number of hydrogen-bond acceptors (Lipinski definition) is 5. The number of hydrogen-bond donors (Lipinski definition) is 2. The van der Waals surface area contributed by atoms with E-state index in [0.717, 1.165) is 0 Å². The molecule has 1 amide bonds. The number of aryl methyl sites for hydroxylation is 1. The van der Waals surface area contributed by atoms with Crippen LogP contribution in [0.15, 0.2) is 30.9 Å². The minimum Gasteiger partial charge on any atom is -0.478 e. The number of carbonyl (C=O) groups excluding carboxylic acids is 1. The smallest absolute Gasteiger partial charge is 0.337 e. The van der Waals surface area contributed by atoms with Gasteiger partial charge in [-0.05, 0) is 6.07 Å². The zero-order valence-corrected chi connectivity index (χ0v) is 9.85. The van der Waals surface area contributed by atoms with Gasteiger partial charge in [-0.25, -0.2) is 4.79 Å². The molecule has 0 saturated heterocycles. The van der Waals surface area contributed by atoms with Crippen molar-refractivity contribution in [1.29, 1.82) is 0 Å². The van der Waals surface area contributed by atoms with Gasteiger partial charge in [0, 0.05) is 18.8 Å². The van der Waals surface area contributed by atoms with Crippen LogP contribution >= 0.6 is 0 Å². The van der Waals surface area contributed by atoms with Crippen LogP contribution in [0.4, 0.5) is 5.69 Å². The molecule has 2 aromatic rings. The van der Waals surface area contributed by atoms with Gasteiger partial charge in [-0.2, -0.15) is 0 Å². The predicted octanol–water partition coefficient (Wildman–Crippen LogP) is 0.400. The molecule has 8 heteroatoms. The molecule has 0 aliphatic rings. The summed E-state index contributed by atoms with van der Waals surface area (Å²) in [7, 11) is 0. The van der Waals surface area contributed by atoms with Gasteiger partial charge < -0.3 is 10.4 Å². The molecule has 19 heavy (non-hydrogen) atoms. The molecule has 2 aromatic heterocycles. The van der Waals surface area contributed by atoms with Gasteiger partial charge in [0.1, 0.15) is 0 Å². The predicted molar refractivity (Wildman–Crippen MR) is 64.5 cm³/mol. The molecule has 0 spiro atoms. The summed E-state index contributed by atoms with van der Waals surface area (Å²) in [6, 6.07) is 1.33. The summed E-state index contributed by atoms with van der Waals surface area (Å²) in [6.45, 7) is 0.370. The third kappa shape index (κ3) is 3.35. The Morgan fingerprint density at radius 1 is 1.37 bits per heavy atom. The Labute approximate surface area is 108 Å². The number of pyridine rings is 1. The largest absolute Gasteiger partial charge is 0.478 e. The molecule has 0 aliphatic heterocycles. The highest BCUT2D eigenvalue weighted by Gasteiger charge is 2.12. The Kier molecular flexibility index (Phi) is 3.81. The molecule has 0 bridgehead atoms. The molecule has 0 aliphatic carbocycles. The van der Waals surface area contributed by atoms with Gasteiger partial charge >= 0.3 is 5.97 Å². The number of aromatic nitrogens is 4. The Balaban J connectivity index is 1.97. The minimum absolute atomic E-state index is 0.00380. The highest BCUT2D eigenvalue weighted by atomic mass is 16.4. The second-order valence-electron chi connectivity index (χ2n) is 3.69. The second kappa shape index (κ2) is 5.71. The van der Waals surface area contributed by atoms with Gasteiger partial charge in [0.25, 0.3) is 0 Å². The monoisotopic (exact) mass is 261 g/mol. The van der Waals surface area contributed by atoms with E-state index >= 15 is 0 Å². The van der Waals surface area contributed by atoms with E-state index in [9.17, 15) is 9.59 Å². The fraction of sp³-hybridized carbons (Fsp3) is 0.182. The maximum absolute atomic E-state index is 11.7. The number of nitrogens with one attached hydrogen (secondary N) is 1. The maximum atomic E-state index is 11.7. The third-order valence-electron chi connectivity index (χ3n) is 2.37. The Morgan fingerprint density at radius 3 is 2.89 bits per heavy atom. The van der Waals surface area contributed by atoms with Crippen molar-refractivity contribution in [2.24, 2.45) is 0 Å². The molecule has 8 nitrogen and oxygen atoms in total. The van der Waals surface area contributed by atoms with Crippen LogP contribution in [0.1, 0.15) is 16.8 Å². The molecule has 0 atom stereocenters. The number of nitrogens with zero attached hydrogens (tertiary/aromatic N) is 4. The van der Waals surface area contributed by atoms with Crippen molar-refractivity contribution in [3.05, 3.63) is 36.4 Å². The van der Waals surface area contributed by atoms with Gasteiger partial charge in [0.05, 0.1) is 30.2 Å². The number of carboxylic acids is 1. The molecule has 0 radical (unpaired) electrons. The number of amides is 1. The van der Waals surface area contributed by atoms with Crippen molar-refractivity contribution in [1.82, 2.24) is 20.0 Å². The lowest BCUT2D eigenvalue weighted by molar-refractivity contribution is -0.116. The minimum atomic E-state index is -1.12. The average molecular weight is 261 g/mol. The molecule has 0 saturated carbocycles. The van der Waals surface area contributed by atoms with Crippen LogP contribution in [0.2, 0.25) is 0 Å². The van der Waals surface area contributed by atoms with Crippen molar-refractivity contribution in [3.63, 3.8) is 0 Å². The number of anilines is 1. The van der Waals surface area contributed by atoms with Crippen molar-refractivity contribution in [3.8, 4) is 0 Å². The van der Waals surface area contributed by atoms with Crippen LogP contribution in [0.3, 0.4) is 0 Å². The molecular weight excluding hydrogens is 250 g/mol. The lowest BCUT2D eigenvalue weighted by atomic mass is 10.2. The molecule has 98 valence electrons. The van der Waals surface area contributed by atoms with Gasteiger partial charge in [0.15, 0.2) is 0 Å². The summed E-state index contributed by atoms with van der Waals surface area (Å²) in [5, 5.41) is 18.8. The molecular formula is C11H11N5O3. The highest BCUT2D eigenvalue weighted by molar-refractivity contribution is 6.00. The summed E-state index contributed by atoms with van der Waals surface area (Å²) in [5.74, 6) is -1.43. The Morgan fingerprint density at radius 2 is 2.21 bits per heavy atom. The Bertz CT molecular complexity index is 582. The van der Waals surface area contributed by atoms with E-state index in [1.807, 2.05) is 0 Å². The summed E-state index contributed by atoms with van der Waals surface area (Å²) in [5.41, 5.74) is 0.183. The highest BCUT2D eigenvalue weighted by Crippen LogP contribution is 2.13. The van der Waals surface area contributed by atoms with Gasteiger partial charge in [-0.1, -0.05) is 5.21 Å². The molecule has 0 unspecified atom stereocenters. The first-order chi connectivity index (χ1) is 9.16. The zero-order valence-electron chi connectivity index (χ0n) is 9.85. The lowest BCUT2D eigenvalue weighted by Gasteiger charge is -2.07. The van der Waals surface area contributed by atoms with Crippen LogP contribution in [-0.4, -0.2) is 37.0 Å². The standard InChI is InChI=1S/C11H11N5O3/c17-10(2-5-16-6-4-13-15-16)14-9-7-12-3-1-8(9)11(18)19/h1,3-4,6-7H,2,5H2,(H,14,17)(H,18,19). The van der Waals surface area contributed by atoms with Crippen LogP contribution in [0, 0.1) is 0 Å². The van der Waals surface area contributed by atoms with E-state index in [1.54, 1.807) is 6.20 Å². The summed E-state index contributed by atoms with van der Waals surface area (Å²) >= 11 is 0. The van der Waals surface area contributed by atoms with Crippen LogP contribution in [-0.2, 0) is 11.3 Å². The molecule has 0 fully saturated rings. The topological polar surface area (TPSA) is 110 Å². The summed E-state index contributed by atoms with van der Waals surface area (Å²) < 4.78 is 1.51. The molecule has 2 N–H and O–H groups in total. The number of aromatic carboxylic acids is 1. The quantitative estimate of drug-likeness (QED) is 0.806. The van der Waals surface area contributed by atoms with E-state index in [0.29, 0.717) is 6.54 Å². The van der Waals surface area contributed by atoms with Crippen molar-refractivity contribution >= 4 is 17.6 Å². The van der Waals surface area contributed by atoms with E-state index < -0.39 is 5.97 Å². The van der Waals surface area contributed by atoms with E-state index in [-0.39, 0.29) is 23.6 Å². The Hall–Kier alpha value is -2.77. The fourth-order valence-corrected chi connectivity index (χ4v) is 1.46. The van der Waals surface area contributed by atoms with Crippen LogP contribution < -0.4 is 5.32 Å². The van der Waals surface area contributed by atoms with Gasteiger partial charge in [0.2, 0.25) is 5.91 Å². The normalized spacial score (nSPS) is 10.1. The maximum Gasteiger partial charge on any atom is 0.337 e. The van der Waals surface area contributed by atoms with Crippen molar-refractivity contribution < 1.29 is 14.7 Å². The first-order valence-electron chi connectivity index (χ1n) is 5.48. The SMILES string of the molecule is O=C(CCn1ccnn1)Nc1cnccc1C(=O)O. The average Bonchev–Trinajstić information content (AvgIpc) is 2.90. The number of carbonyl (C=O) groups is 2. The van der Waals surface area contributed by atoms with Gasteiger partial charge in [-0.3, -0.25) is 14.5 Å². The first-order valence-corrected chi connectivity index (χ1v) is 5.48. The van der Waals surface area contributed by atoms with E-state index in [1.165, 1.54) is 29.3 Å². The van der Waals surface area contributed by atoms with Crippen LogP contribution in [0.5, 0.6) is 0 Å². The van der Waals surface area contributed by atoms with Crippen molar-refractivity contribution in [2.75, 3.05) is 5.32 Å². The third-order valence-corrected chi connectivity index (χ3v) is 2.37. The number of carboxylic acid groups (broad SMARTS) is 1. The van der Waals surface area contributed by atoms with E-state index in [2.05, 4.69) is 20.6 Å². The first kappa shape index (κ1) is 12.7. The zero-order chi connectivity index (χ0) is 13.7. The van der Waals surface area contributed by atoms with Crippen LogP contribution in [0.25, 0.3) is 0 Å². The molecule has 2 rings (SSSR count). The molecule has 2 heterocycles.